The maximum absolute atomic E-state index is 12.4. The number of rotatable bonds is 6. The van der Waals surface area contributed by atoms with E-state index in [1.54, 1.807) is 17.1 Å². The van der Waals surface area contributed by atoms with Crippen LogP contribution in [0.5, 0.6) is 0 Å². The standard InChI is InChI=1S/C20H23N5O2/c1-15-4-6-16(7-5-15)12-25-14-21-20(23-25)22-19(26)18-9-8-17(27-18)13-24-10-2-3-11-24/h4-9,14H,2-3,10-13H2,1H3,(H,22,23,26). The number of furan rings is 1. The molecule has 1 aliphatic rings. The second kappa shape index (κ2) is 7.75. The van der Waals surface area contributed by atoms with Gasteiger partial charge in [0.1, 0.15) is 12.1 Å². The van der Waals surface area contributed by atoms with Gasteiger partial charge >= 0.3 is 0 Å². The molecule has 7 heteroatoms. The van der Waals surface area contributed by atoms with Gasteiger partial charge in [-0.05, 0) is 50.6 Å². The number of aryl methyl sites for hydroxylation is 1. The van der Waals surface area contributed by atoms with E-state index in [-0.39, 0.29) is 17.6 Å². The van der Waals surface area contributed by atoms with Gasteiger partial charge in [0.05, 0.1) is 13.1 Å². The van der Waals surface area contributed by atoms with Crippen molar-refractivity contribution < 1.29 is 9.21 Å². The van der Waals surface area contributed by atoms with Crippen molar-refractivity contribution in [3.63, 3.8) is 0 Å². The quantitative estimate of drug-likeness (QED) is 0.726. The number of amides is 1. The zero-order chi connectivity index (χ0) is 18.6. The van der Waals surface area contributed by atoms with Gasteiger partial charge in [-0.1, -0.05) is 29.8 Å². The number of hydrogen-bond acceptors (Lipinski definition) is 5. The van der Waals surface area contributed by atoms with Gasteiger partial charge in [-0.3, -0.25) is 15.0 Å². The number of hydrogen-bond donors (Lipinski definition) is 1. The fourth-order valence-corrected chi connectivity index (χ4v) is 3.22. The predicted molar refractivity (Wildman–Crippen MR) is 101 cm³/mol. The van der Waals surface area contributed by atoms with Crippen LogP contribution in [0.2, 0.25) is 0 Å². The van der Waals surface area contributed by atoms with E-state index in [4.69, 9.17) is 4.42 Å². The van der Waals surface area contributed by atoms with Gasteiger partial charge in [-0.2, -0.15) is 0 Å². The number of aromatic nitrogens is 3. The number of nitrogens with zero attached hydrogens (tertiary/aromatic N) is 4. The topological polar surface area (TPSA) is 76.2 Å². The van der Waals surface area contributed by atoms with Crippen molar-refractivity contribution >= 4 is 11.9 Å². The Bertz CT molecular complexity index is 907. The Kier molecular flexibility index (Phi) is 5.02. The van der Waals surface area contributed by atoms with E-state index in [0.717, 1.165) is 31.0 Å². The third-order valence-corrected chi connectivity index (χ3v) is 4.69. The van der Waals surface area contributed by atoms with Crippen molar-refractivity contribution in [2.24, 2.45) is 0 Å². The second-order valence-electron chi connectivity index (χ2n) is 6.95. The SMILES string of the molecule is Cc1ccc(Cn2cnc(NC(=O)c3ccc(CN4CCCC4)o3)n2)cc1. The highest BCUT2D eigenvalue weighted by atomic mass is 16.4. The summed E-state index contributed by atoms with van der Waals surface area (Å²) in [4.78, 5) is 18.8. The Hall–Kier alpha value is -2.93. The van der Waals surface area contributed by atoms with E-state index in [2.05, 4.69) is 51.5 Å². The largest absolute Gasteiger partial charge is 0.455 e. The Morgan fingerprint density at radius 2 is 1.89 bits per heavy atom. The van der Waals surface area contributed by atoms with Crippen molar-refractivity contribution in [1.82, 2.24) is 19.7 Å². The van der Waals surface area contributed by atoms with Crippen LogP contribution in [0.25, 0.3) is 0 Å². The smallest absolute Gasteiger partial charge is 0.293 e. The summed E-state index contributed by atoms with van der Waals surface area (Å²) in [6.07, 6.45) is 4.06. The lowest BCUT2D eigenvalue weighted by Crippen LogP contribution is -2.18. The molecule has 0 aliphatic carbocycles. The van der Waals surface area contributed by atoms with E-state index < -0.39 is 0 Å². The summed E-state index contributed by atoms with van der Waals surface area (Å²) >= 11 is 0. The molecule has 0 bridgehead atoms. The maximum atomic E-state index is 12.4. The zero-order valence-corrected chi connectivity index (χ0v) is 15.4. The number of benzene rings is 1. The van der Waals surface area contributed by atoms with Gasteiger partial charge in [0.25, 0.3) is 5.91 Å². The Balaban J connectivity index is 1.35. The van der Waals surface area contributed by atoms with Gasteiger partial charge < -0.3 is 4.42 Å². The van der Waals surface area contributed by atoms with Crippen molar-refractivity contribution in [2.75, 3.05) is 18.4 Å². The zero-order valence-electron chi connectivity index (χ0n) is 15.4. The first-order chi connectivity index (χ1) is 13.2. The lowest BCUT2D eigenvalue weighted by atomic mass is 10.1. The summed E-state index contributed by atoms with van der Waals surface area (Å²) in [5.41, 5.74) is 2.34. The molecule has 1 fully saturated rings. The van der Waals surface area contributed by atoms with Crippen LogP contribution in [0.4, 0.5) is 5.95 Å². The first-order valence-electron chi connectivity index (χ1n) is 9.23. The highest BCUT2D eigenvalue weighted by Crippen LogP contribution is 2.16. The van der Waals surface area contributed by atoms with E-state index in [0.29, 0.717) is 6.54 Å². The molecule has 0 unspecified atom stereocenters. The van der Waals surface area contributed by atoms with Crippen LogP contribution >= 0.6 is 0 Å². The first-order valence-corrected chi connectivity index (χ1v) is 9.23. The van der Waals surface area contributed by atoms with E-state index >= 15 is 0 Å². The van der Waals surface area contributed by atoms with Crippen LogP contribution in [0.3, 0.4) is 0 Å². The molecule has 1 aliphatic heterocycles. The maximum Gasteiger partial charge on any atom is 0.293 e. The third kappa shape index (κ3) is 4.43. The normalized spacial score (nSPS) is 14.6. The highest BCUT2D eigenvalue weighted by molar-refractivity contribution is 6.01. The molecule has 1 aromatic carbocycles. The molecule has 1 saturated heterocycles. The Morgan fingerprint density at radius 1 is 1.11 bits per heavy atom. The molecule has 1 N–H and O–H groups in total. The molecule has 2 aromatic heterocycles. The lowest BCUT2D eigenvalue weighted by Gasteiger charge is -2.11. The molecule has 7 nitrogen and oxygen atoms in total. The molecule has 3 heterocycles. The second-order valence-corrected chi connectivity index (χ2v) is 6.95. The summed E-state index contributed by atoms with van der Waals surface area (Å²) in [5.74, 6) is 1.01. The monoisotopic (exact) mass is 365 g/mol. The average Bonchev–Trinajstić information content (AvgIpc) is 3.40. The van der Waals surface area contributed by atoms with Crippen LogP contribution in [0.15, 0.2) is 47.1 Å². The Labute approximate surface area is 158 Å². The minimum Gasteiger partial charge on any atom is -0.455 e. The molecular formula is C20H23N5O2. The van der Waals surface area contributed by atoms with Gasteiger partial charge in [-0.15, -0.1) is 5.10 Å². The van der Waals surface area contributed by atoms with Gasteiger partial charge in [0, 0.05) is 0 Å². The van der Waals surface area contributed by atoms with Crippen molar-refractivity contribution in [3.05, 3.63) is 65.4 Å². The number of carbonyl (C=O) groups excluding carboxylic acids is 1. The fourth-order valence-electron chi connectivity index (χ4n) is 3.22. The van der Waals surface area contributed by atoms with E-state index in [9.17, 15) is 4.79 Å². The Morgan fingerprint density at radius 3 is 2.67 bits per heavy atom. The molecule has 0 saturated carbocycles. The molecule has 0 spiro atoms. The summed E-state index contributed by atoms with van der Waals surface area (Å²) < 4.78 is 7.37. The first kappa shape index (κ1) is 17.5. The van der Waals surface area contributed by atoms with E-state index in [1.807, 2.05) is 6.07 Å². The van der Waals surface area contributed by atoms with Gasteiger partial charge in [0.15, 0.2) is 5.76 Å². The van der Waals surface area contributed by atoms with Gasteiger partial charge in [0.2, 0.25) is 5.95 Å². The fraction of sp³-hybridized carbons (Fsp3) is 0.350. The van der Waals surface area contributed by atoms with Crippen molar-refractivity contribution in [1.29, 1.82) is 0 Å². The minimum atomic E-state index is -0.337. The lowest BCUT2D eigenvalue weighted by molar-refractivity contribution is 0.0992. The number of nitrogens with one attached hydrogen (secondary N) is 1. The minimum absolute atomic E-state index is 0.268. The van der Waals surface area contributed by atoms with Crippen LogP contribution in [-0.2, 0) is 13.1 Å². The molecular weight excluding hydrogens is 342 g/mol. The van der Waals surface area contributed by atoms with Crippen LogP contribution < -0.4 is 5.32 Å². The molecule has 3 aromatic rings. The summed E-state index contributed by atoms with van der Waals surface area (Å²) in [6, 6.07) is 11.8. The molecule has 4 rings (SSSR count). The van der Waals surface area contributed by atoms with E-state index in [1.165, 1.54) is 18.4 Å². The number of likely N-dealkylation sites (tertiary alicyclic amines) is 1. The van der Waals surface area contributed by atoms with Gasteiger partial charge in [-0.25, -0.2) is 9.67 Å². The number of anilines is 1. The van der Waals surface area contributed by atoms with Crippen molar-refractivity contribution in [3.8, 4) is 0 Å². The number of carbonyl (C=O) groups is 1. The van der Waals surface area contributed by atoms with Crippen molar-refractivity contribution in [2.45, 2.75) is 32.9 Å². The summed E-state index contributed by atoms with van der Waals surface area (Å²) in [5, 5.41) is 7.00. The molecule has 0 radical (unpaired) electrons. The highest BCUT2D eigenvalue weighted by Gasteiger charge is 2.17. The molecule has 140 valence electrons. The van der Waals surface area contributed by atoms with Crippen LogP contribution in [-0.4, -0.2) is 38.7 Å². The molecule has 0 atom stereocenters. The van der Waals surface area contributed by atoms with Crippen LogP contribution in [0, 0.1) is 6.92 Å². The third-order valence-electron chi connectivity index (χ3n) is 4.69. The summed E-state index contributed by atoms with van der Waals surface area (Å²) in [7, 11) is 0. The molecule has 1 amide bonds. The summed E-state index contributed by atoms with van der Waals surface area (Å²) in [6.45, 7) is 5.58. The molecule has 27 heavy (non-hydrogen) atoms. The van der Waals surface area contributed by atoms with Crippen LogP contribution in [0.1, 0.15) is 40.3 Å². The average molecular weight is 365 g/mol. The predicted octanol–water partition coefficient (Wildman–Crippen LogP) is 3.08.